The number of aryl methyl sites for hydroxylation is 2. The molecule has 92 valence electrons. The number of hydrogen-bond acceptors (Lipinski definition) is 2. The van der Waals surface area contributed by atoms with E-state index in [1.807, 2.05) is 11.7 Å². The topological polar surface area (TPSA) is 21.1 Å². The van der Waals surface area contributed by atoms with Crippen LogP contribution in [0.25, 0.3) is 0 Å². The van der Waals surface area contributed by atoms with E-state index >= 15 is 0 Å². The second-order valence-electron chi connectivity index (χ2n) is 4.28. The Bertz CT molecular complexity index is 333. The van der Waals surface area contributed by atoms with Gasteiger partial charge in [0.15, 0.2) is 0 Å². The van der Waals surface area contributed by atoms with Gasteiger partial charge in [0.2, 0.25) is 0 Å². The van der Waals surface area contributed by atoms with E-state index in [1.165, 1.54) is 23.0 Å². The SMILES string of the molecule is CCCCN(C)Cc1c(Br)c(CC)nn1C. The molecule has 0 spiro atoms. The van der Waals surface area contributed by atoms with Crippen LogP contribution >= 0.6 is 15.9 Å². The maximum atomic E-state index is 4.51. The number of halogens is 1. The van der Waals surface area contributed by atoms with Crippen LogP contribution in [0.2, 0.25) is 0 Å². The zero-order chi connectivity index (χ0) is 12.1. The van der Waals surface area contributed by atoms with Crippen LogP contribution in [0.15, 0.2) is 4.47 Å². The zero-order valence-corrected chi connectivity index (χ0v) is 12.3. The molecule has 0 aliphatic rings. The predicted molar refractivity (Wildman–Crippen MR) is 71.5 cm³/mol. The van der Waals surface area contributed by atoms with Gasteiger partial charge in [-0.15, -0.1) is 0 Å². The van der Waals surface area contributed by atoms with Crippen LogP contribution in [-0.2, 0) is 20.0 Å². The highest BCUT2D eigenvalue weighted by molar-refractivity contribution is 9.10. The van der Waals surface area contributed by atoms with Gasteiger partial charge in [0.1, 0.15) is 0 Å². The van der Waals surface area contributed by atoms with Gasteiger partial charge in [-0.3, -0.25) is 4.68 Å². The fraction of sp³-hybridized carbons (Fsp3) is 0.750. The van der Waals surface area contributed by atoms with E-state index in [0.29, 0.717) is 0 Å². The molecule has 0 bridgehead atoms. The molecule has 0 atom stereocenters. The lowest BCUT2D eigenvalue weighted by Gasteiger charge is -2.16. The Hall–Kier alpha value is -0.350. The molecule has 0 amide bonds. The summed E-state index contributed by atoms with van der Waals surface area (Å²) >= 11 is 3.65. The molecule has 4 heteroatoms. The van der Waals surface area contributed by atoms with Crippen molar-refractivity contribution < 1.29 is 0 Å². The van der Waals surface area contributed by atoms with E-state index in [9.17, 15) is 0 Å². The third-order valence-electron chi connectivity index (χ3n) is 2.82. The highest BCUT2D eigenvalue weighted by Crippen LogP contribution is 2.22. The second-order valence-corrected chi connectivity index (χ2v) is 5.07. The van der Waals surface area contributed by atoms with Crippen LogP contribution in [0.1, 0.15) is 38.1 Å². The van der Waals surface area contributed by atoms with Crippen molar-refractivity contribution in [3.63, 3.8) is 0 Å². The molecule has 0 radical (unpaired) electrons. The Morgan fingerprint density at radius 3 is 2.56 bits per heavy atom. The molecule has 0 aromatic carbocycles. The highest BCUT2D eigenvalue weighted by atomic mass is 79.9. The molecule has 0 N–H and O–H groups in total. The first-order chi connectivity index (χ1) is 7.60. The summed E-state index contributed by atoms with van der Waals surface area (Å²) in [5.74, 6) is 0. The van der Waals surface area contributed by atoms with Gasteiger partial charge >= 0.3 is 0 Å². The van der Waals surface area contributed by atoms with Crippen molar-refractivity contribution in [2.24, 2.45) is 7.05 Å². The molecule has 0 saturated carbocycles. The van der Waals surface area contributed by atoms with Gasteiger partial charge in [-0.05, 0) is 42.4 Å². The normalized spacial score (nSPS) is 11.4. The van der Waals surface area contributed by atoms with Crippen LogP contribution in [0.3, 0.4) is 0 Å². The molecule has 1 aromatic rings. The largest absolute Gasteiger partial charge is 0.301 e. The lowest BCUT2D eigenvalue weighted by molar-refractivity contribution is 0.311. The van der Waals surface area contributed by atoms with E-state index in [4.69, 9.17) is 0 Å². The van der Waals surface area contributed by atoms with Crippen molar-refractivity contribution >= 4 is 15.9 Å². The Morgan fingerprint density at radius 1 is 1.38 bits per heavy atom. The number of hydrogen-bond donors (Lipinski definition) is 0. The standard InChI is InChI=1S/C12H22BrN3/c1-5-7-8-15(3)9-11-12(13)10(6-2)14-16(11)4/h5-9H2,1-4H3. The maximum absolute atomic E-state index is 4.51. The maximum Gasteiger partial charge on any atom is 0.0767 e. The molecule has 0 saturated heterocycles. The molecular weight excluding hydrogens is 266 g/mol. The molecule has 0 unspecified atom stereocenters. The number of rotatable bonds is 6. The Balaban J connectivity index is 2.69. The van der Waals surface area contributed by atoms with Crippen molar-refractivity contribution in [1.82, 2.24) is 14.7 Å². The van der Waals surface area contributed by atoms with Crippen molar-refractivity contribution in [2.75, 3.05) is 13.6 Å². The summed E-state index contributed by atoms with van der Waals surface area (Å²) in [5, 5.41) is 4.51. The number of nitrogens with zero attached hydrogens (tertiary/aromatic N) is 3. The minimum absolute atomic E-state index is 0.962. The van der Waals surface area contributed by atoms with E-state index < -0.39 is 0 Å². The zero-order valence-electron chi connectivity index (χ0n) is 10.8. The average molecular weight is 288 g/mol. The summed E-state index contributed by atoms with van der Waals surface area (Å²) in [4.78, 5) is 2.35. The van der Waals surface area contributed by atoms with Crippen molar-refractivity contribution in [2.45, 2.75) is 39.7 Å². The van der Waals surface area contributed by atoms with Gasteiger partial charge in [-0.1, -0.05) is 20.3 Å². The third-order valence-corrected chi connectivity index (χ3v) is 3.73. The van der Waals surface area contributed by atoms with Gasteiger partial charge in [0, 0.05) is 13.6 Å². The first kappa shape index (κ1) is 13.7. The Labute approximate surface area is 107 Å². The molecule has 3 nitrogen and oxygen atoms in total. The van der Waals surface area contributed by atoms with Gasteiger partial charge < -0.3 is 4.90 Å². The molecule has 1 aromatic heterocycles. The molecule has 0 aliphatic carbocycles. The summed E-state index contributed by atoms with van der Waals surface area (Å²) in [6.07, 6.45) is 3.48. The lowest BCUT2D eigenvalue weighted by Crippen LogP contribution is -2.20. The third kappa shape index (κ3) is 3.32. The second kappa shape index (κ2) is 6.40. The first-order valence-electron chi connectivity index (χ1n) is 5.98. The average Bonchev–Trinajstić information content (AvgIpc) is 2.53. The van der Waals surface area contributed by atoms with E-state index in [-0.39, 0.29) is 0 Å². The van der Waals surface area contributed by atoms with Crippen LogP contribution in [0.5, 0.6) is 0 Å². The van der Waals surface area contributed by atoms with Crippen LogP contribution in [0, 0.1) is 0 Å². The van der Waals surface area contributed by atoms with Gasteiger partial charge in [-0.25, -0.2) is 0 Å². The van der Waals surface area contributed by atoms with E-state index in [0.717, 1.165) is 25.2 Å². The fourth-order valence-corrected chi connectivity index (χ4v) is 2.50. The van der Waals surface area contributed by atoms with Crippen molar-refractivity contribution in [1.29, 1.82) is 0 Å². The summed E-state index contributed by atoms with van der Waals surface area (Å²) < 4.78 is 3.17. The first-order valence-corrected chi connectivity index (χ1v) is 6.78. The minimum atomic E-state index is 0.962. The van der Waals surface area contributed by atoms with Crippen LogP contribution in [0.4, 0.5) is 0 Å². The molecule has 0 aliphatic heterocycles. The molecule has 1 rings (SSSR count). The molecular formula is C12H22BrN3. The molecule has 16 heavy (non-hydrogen) atoms. The minimum Gasteiger partial charge on any atom is -0.301 e. The predicted octanol–water partition coefficient (Wildman–Crippen LogP) is 2.98. The quantitative estimate of drug-likeness (QED) is 0.802. The highest BCUT2D eigenvalue weighted by Gasteiger charge is 2.13. The van der Waals surface area contributed by atoms with Gasteiger partial charge in [0.25, 0.3) is 0 Å². The van der Waals surface area contributed by atoms with Crippen LogP contribution in [-0.4, -0.2) is 28.3 Å². The monoisotopic (exact) mass is 287 g/mol. The van der Waals surface area contributed by atoms with Gasteiger partial charge in [-0.2, -0.15) is 5.10 Å². The Kier molecular flexibility index (Phi) is 5.49. The van der Waals surface area contributed by atoms with Crippen molar-refractivity contribution in [3.8, 4) is 0 Å². The number of unbranched alkanes of at least 4 members (excludes halogenated alkanes) is 1. The number of aromatic nitrogens is 2. The Morgan fingerprint density at radius 2 is 2.06 bits per heavy atom. The summed E-state index contributed by atoms with van der Waals surface area (Å²) in [7, 11) is 4.19. The lowest BCUT2D eigenvalue weighted by atomic mass is 10.2. The van der Waals surface area contributed by atoms with Crippen LogP contribution < -0.4 is 0 Å². The molecule has 1 heterocycles. The smallest absolute Gasteiger partial charge is 0.0767 e. The summed E-state index contributed by atoms with van der Waals surface area (Å²) in [5.41, 5.74) is 2.43. The summed E-state index contributed by atoms with van der Waals surface area (Å²) in [6, 6.07) is 0. The van der Waals surface area contributed by atoms with E-state index in [1.54, 1.807) is 0 Å². The van der Waals surface area contributed by atoms with Gasteiger partial charge in [0.05, 0.1) is 15.9 Å². The molecule has 0 fully saturated rings. The van der Waals surface area contributed by atoms with Crippen molar-refractivity contribution in [3.05, 3.63) is 15.9 Å². The van der Waals surface area contributed by atoms with E-state index in [2.05, 4.69) is 46.8 Å². The summed E-state index contributed by atoms with van der Waals surface area (Å²) in [6.45, 7) is 6.47. The fourth-order valence-electron chi connectivity index (χ4n) is 1.75.